The van der Waals surface area contributed by atoms with Crippen LogP contribution in [0.2, 0.25) is 0 Å². The normalized spacial score (nSPS) is 10.2. The smallest absolute Gasteiger partial charge is 0.342 e. The van der Waals surface area contributed by atoms with E-state index < -0.39 is 28.0 Å². The first-order chi connectivity index (χ1) is 8.97. The number of halogens is 1. The van der Waals surface area contributed by atoms with Gasteiger partial charge in [0, 0.05) is 6.54 Å². The standard InChI is InChI=1S/C11H14FN3O4/c1-13-3-2-4-14-9-5-7(11(16)17)10(15(18)19)6-8(9)12/h5-6,13-14H,2-4H2,1H3,(H,16,17). The molecule has 0 saturated carbocycles. The van der Waals surface area contributed by atoms with Gasteiger partial charge in [0.2, 0.25) is 0 Å². The van der Waals surface area contributed by atoms with Crippen LogP contribution >= 0.6 is 0 Å². The minimum absolute atomic E-state index is 0.0564. The summed E-state index contributed by atoms with van der Waals surface area (Å²) in [5.41, 5.74) is -1.35. The lowest BCUT2D eigenvalue weighted by Crippen LogP contribution is -2.14. The van der Waals surface area contributed by atoms with E-state index in [1.807, 2.05) is 0 Å². The fourth-order valence-corrected chi connectivity index (χ4v) is 1.51. The Morgan fingerprint density at radius 1 is 1.47 bits per heavy atom. The number of nitrogens with zero attached hydrogens (tertiary/aromatic N) is 1. The van der Waals surface area contributed by atoms with E-state index in [-0.39, 0.29) is 5.69 Å². The summed E-state index contributed by atoms with van der Waals surface area (Å²) in [6.07, 6.45) is 0.704. The maximum atomic E-state index is 13.6. The van der Waals surface area contributed by atoms with Gasteiger partial charge in [-0.05, 0) is 26.1 Å². The predicted octanol–water partition coefficient (Wildman–Crippen LogP) is 1.45. The van der Waals surface area contributed by atoms with E-state index in [0.29, 0.717) is 25.6 Å². The number of nitrogens with one attached hydrogen (secondary N) is 2. The van der Waals surface area contributed by atoms with Crippen LogP contribution in [0.4, 0.5) is 15.8 Å². The summed E-state index contributed by atoms with van der Waals surface area (Å²) >= 11 is 0. The van der Waals surface area contributed by atoms with E-state index in [2.05, 4.69) is 10.6 Å². The van der Waals surface area contributed by atoms with Crippen LogP contribution in [0, 0.1) is 15.9 Å². The average Bonchev–Trinajstić information content (AvgIpc) is 2.35. The van der Waals surface area contributed by atoms with Crippen LogP contribution in [0.3, 0.4) is 0 Å². The molecule has 0 fully saturated rings. The van der Waals surface area contributed by atoms with Gasteiger partial charge in [0.05, 0.1) is 16.7 Å². The van der Waals surface area contributed by atoms with Gasteiger partial charge in [0.1, 0.15) is 5.56 Å². The van der Waals surface area contributed by atoms with E-state index in [1.165, 1.54) is 0 Å². The molecule has 1 aromatic rings. The molecule has 0 unspecified atom stereocenters. The van der Waals surface area contributed by atoms with Crippen molar-refractivity contribution in [2.75, 3.05) is 25.5 Å². The summed E-state index contributed by atoms with van der Waals surface area (Å²) in [7, 11) is 1.77. The molecule has 0 heterocycles. The molecule has 0 aliphatic carbocycles. The highest BCUT2D eigenvalue weighted by Gasteiger charge is 2.23. The second-order valence-electron chi connectivity index (χ2n) is 3.80. The number of carboxylic acid groups (broad SMARTS) is 1. The summed E-state index contributed by atoms with van der Waals surface area (Å²) in [6, 6.07) is 1.55. The fourth-order valence-electron chi connectivity index (χ4n) is 1.51. The molecular formula is C11H14FN3O4. The first-order valence-corrected chi connectivity index (χ1v) is 5.57. The van der Waals surface area contributed by atoms with E-state index in [9.17, 15) is 19.3 Å². The van der Waals surface area contributed by atoms with Crippen molar-refractivity contribution in [3.05, 3.63) is 33.6 Å². The molecule has 0 radical (unpaired) electrons. The van der Waals surface area contributed by atoms with Gasteiger partial charge in [-0.15, -0.1) is 0 Å². The number of rotatable bonds is 7. The van der Waals surface area contributed by atoms with Gasteiger partial charge < -0.3 is 15.7 Å². The molecule has 104 valence electrons. The quantitative estimate of drug-likeness (QED) is 0.394. The highest BCUT2D eigenvalue weighted by molar-refractivity contribution is 5.93. The zero-order valence-corrected chi connectivity index (χ0v) is 10.3. The first-order valence-electron chi connectivity index (χ1n) is 5.57. The third kappa shape index (κ3) is 3.88. The van der Waals surface area contributed by atoms with E-state index >= 15 is 0 Å². The molecule has 7 nitrogen and oxygen atoms in total. The van der Waals surface area contributed by atoms with E-state index in [1.54, 1.807) is 7.05 Å². The Labute approximate surface area is 108 Å². The van der Waals surface area contributed by atoms with Crippen molar-refractivity contribution < 1.29 is 19.2 Å². The third-order valence-electron chi connectivity index (χ3n) is 2.43. The maximum Gasteiger partial charge on any atom is 0.342 e. The fraction of sp³-hybridized carbons (Fsp3) is 0.364. The number of carboxylic acids is 1. The maximum absolute atomic E-state index is 13.6. The Morgan fingerprint density at radius 3 is 2.68 bits per heavy atom. The third-order valence-corrected chi connectivity index (χ3v) is 2.43. The number of anilines is 1. The van der Waals surface area contributed by atoms with Gasteiger partial charge >= 0.3 is 5.97 Å². The van der Waals surface area contributed by atoms with Crippen molar-refractivity contribution in [2.45, 2.75) is 6.42 Å². The molecule has 1 rings (SSSR count). The molecule has 0 aliphatic heterocycles. The van der Waals surface area contributed by atoms with Gasteiger partial charge in [-0.1, -0.05) is 0 Å². The molecule has 1 aromatic carbocycles. The Bertz CT molecular complexity index is 493. The van der Waals surface area contributed by atoms with Crippen molar-refractivity contribution in [3.63, 3.8) is 0 Å². The second kappa shape index (κ2) is 6.64. The highest BCUT2D eigenvalue weighted by atomic mass is 19.1. The lowest BCUT2D eigenvalue weighted by atomic mass is 10.1. The Morgan fingerprint density at radius 2 is 2.16 bits per heavy atom. The molecule has 0 spiro atoms. The lowest BCUT2D eigenvalue weighted by Gasteiger charge is -2.08. The van der Waals surface area contributed by atoms with Crippen molar-refractivity contribution in [1.82, 2.24) is 5.32 Å². The van der Waals surface area contributed by atoms with E-state index in [0.717, 1.165) is 6.07 Å². The van der Waals surface area contributed by atoms with Crippen LogP contribution in [0.15, 0.2) is 12.1 Å². The molecular weight excluding hydrogens is 257 g/mol. The molecule has 0 aliphatic rings. The lowest BCUT2D eigenvalue weighted by molar-refractivity contribution is -0.385. The summed E-state index contributed by atoms with van der Waals surface area (Å²) in [5, 5.41) is 25.1. The minimum Gasteiger partial charge on any atom is -0.477 e. The molecule has 0 bridgehead atoms. The largest absolute Gasteiger partial charge is 0.477 e. The number of hydrogen-bond acceptors (Lipinski definition) is 5. The average molecular weight is 271 g/mol. The zero-order valence-electron chi connectivity index (χ0n) is 10.3. The summed E-state index contributed by atoms with van der Waals surface area (Å²) < 4.78 is 13.6. The van der Waals surface area contributed by atoms with Crippen molar-refractivity contribution in [3.8, 4) is 0 Å². The molecule has 0 amide bonds. The minimum atomic E-state index is -1.47. The highest BCUT2D eigenvalue weighted by Crippen LogP contribution is 2.26. The van der Waals surface area contributed by atoms with Gasteiger partial charge in [-0.25, -0.2) is 9.18 Å². The Balaban J connectivity index is 2.97. The number of aromatic carboxylic acids is 1. The number of nitro groups is 1. The molecule has 0 saturated heterocycles. The van der Waals surface area contributed by atoms with Gasteiger partial charge in [0.15, 0.2) is 5.82 Å². The monoisotopic (exact) mass is 271 g/mol. The van der Waals surface area contributed by atoms with Crippen molar-refractivity contribution >= 4 is 17.3 Å². The topological polar surface area (TPSA) is 104 Å². The second-order valence-corrected chi connectivity index (χ2v) is 3.80. The van der Waals surface area contributed by atoms with Gasteiger partial charge in [-0.3, -0.25) is 10.1 Å². The Hall–Kier alpha value is -2.22. The SMILES string of the molecule is CNCCCNc1cc(C(=O)O)c([N+](=O)[O-])cc1F. The predicted molar refractivity (Wildman–Crippen MR) is 67.0 cm³/mol. The number of hydrogen-bond donors (Lipinski definition) is 3. The van der Waals surface area contributed by atoms with Gasteiger partial charge in [0.25, 0.3) is 5.69 Å². The molecule has 3 N–H and O–H groups in total. The van der Waals surface area contributed by atoms with Crippen LogP contribution in [-0.2, 0) is 0 Å². The zero-order chi connectivity index (χ0) is 14.4. The Kier molecular flexibility index (Phi) is 5.19. The number of nitro benzene ring substituents is 1. The first kappa shape index (κ1) is 14.8. The van der Waals surface area contributed by atoms with Crippen LogP contribution in [-0.4, -0.2) is 36.1 Å². The van der Waals surface area contributed by atoms with Crippen LogP contribution in [0.1, 0.15) is 16.8 Å². The van der Waals surface area contributed by atoms with Crippen LogP contribution < -0.4 is 10.6 Å². The van der Waals surface area contributed by atoms with Crippen molar-refractivity contribution in [1.29, 1.82) is 0 Å². The summed E-state index contributed by atoms with van der Waals surface area (Å²) in [4.78, 5) is 20.6. The number of carbonyl (C=O) groups is 1. The van der Waals surface area contributed by atoms with Gasteiger partial charge in [-0.2, -0.15) is 0 Å². The number of benzene rings is 1. The molecule has 0 atom stereocenters. The molecule has 8 heteroatoms. The summed E-state index contributed by atoms with van der Waals surface area (Å²) in [6.45, 7) is 1.14. The van der Waals surface area contributed by atoms with Crippen molar-refractivity contribution in [2.24, 2.45) is 0 Å². The van der Waals surface area contributed by atoms with E-state index in [4.69, 9.17) is 5.11 Å². The molecule has 0 aromatic heterocycles. The van der Waals surface area contributed by atoms with Crippen LogP contribution in [0.5, 0.6) is 0 Å². The molecule has 19 heavy (non-hydrogen) atoms. The van der Waals surface area contributed by atoms with Crippen LogP contribution in [0.25, 0.3) is 0 Å². The summed E-state index contributed by atoms with van der Waals surface area (Å²) in [5.74, 6) is -2.31.